The fourth-order valence-electron chi connectivity index (χ4n) is 3.96. The number of rotatable bonds is 6. The smallest absolute Gasteiger partial charge is 0.319 e. The van der Waals surface area contributed by atoms with Crippen molar-refractivity contribution in [2.75, 3.05) is 13.1 Å². The van der Waals surface area contributed by atoms with Crippen molar-refractivity contribution in [2.45, 2.75) is 51.5 Å². The summed E-state index contributed by atoms with van der Waals surface area (Å²) in [6.45, 7) is 4.08. The van der Waals surface area contributed by atoms with E-state index in [-0.39, 0.29) is 18.4 Å². The van der Waals surface area contributed by atoms with Crippen LogP contribution in [0.5, 0.6) is 0 Å². The van der Waals surface area contributed by atoms with Crippen LogP contribution < -0.4 is 5.32 Å². The van der Waals surface area contributed by atoms with E-state index in [0.29, 0.717) is 13.0 Å². The summed E-state index contributed by atoms with van der Waals surface area (Å²) >= 11 is 0. The van der Waals surface area contributed by atoms with Gasteiger partial charge >= 0.3 is 6.03 Å². The van der Waals surface area contributed by atoms with Gasteiger partial charge in [-0.05, 0) is 44.6 Å². The van der Waals surface area contributed by atoms with Gasteiger partial charge in [0.05, 0.1) is 0 Å². The van der Waals surface area contributed by atoms with Gasteiger partial charge < -0.3 is 10.2 Å². The van der Waals surface area contributed by atoms with Crippen LogP contribution in [0, 0.1) is 0 Å². The molecule has 0 spiro atoms. The number of likely N-dealkylation sites (N-methyl/N-ethyl adjacent to an activating group) is 1. The van der Waals surface area contributed by atoms with E-state index < -0.39 is 11.6 Å². The molecule has 1 N–H and O–H groups in total. The highest BCUT2D eigenvalue weighted by atomic mass is 16.2. The molecule has 0 unspecified atom stereocenters. The van der Waals surface area contributed by atoms with Crippen LogP contribution in [-0.2, 0) is 15.1 Å². The molecule has 6 heteroatoms. The van der Waals surface area contributed by atoms with Crippen molar-refractivity contribution >= 4 is 17.8 Å². The maximum Gasteiger partial charge on any atom is 0.325 e. The molecular formula is C21H27N3O3. The Labute approximate surface area is 160 Å². The van der Waals surface area contributed by atoms with Crippen molar-refractivity contribution in [3.8, 4) is 0 Å². The first kappa shape index (κ1) is 19.1. The predicted octanol–water partition coefficient (Wildman–Crippen LogP) is 3.15. The number of carbonyl (C=O) groups excluding carboxylic acids is 3. The number of urea groups is 1. The van der Waals surface area contributed by atoms with E-state index >= 15 is 0 Å². The number of nitrogens with zero attached hydrogens (tertiary/aromatic N) is 2. The fourth-order valence-corrected chi connectivity index (χ4v) is 3.96. The molecule has 0 radical (unpaired) electrons. The number of hydrogen-bond donors (Lipinski definition) is 1. The first-order chi connectivity index (χ1) is 13.0. The Morgan fingerprint density at radius 2 is 1.93 bits per heavy atom. The van der Waals surface area contributed by atoms with Crippen molar-refractivity contribution in [1.82, 2.24) is 15.1 Å². The summed E-state index contributed by atoms with van der Waals surface area (Å²) < 4.78 is 0. The van der Waals surface area contributed by atoms with Gasteiger partial charge in [0.2, 0.25) is 5.91 Å². The number of benzene rings is 1. The lowest BCUT2D eigenvalue weighted by molar-refractivity contribution is -0.138. The SMILES string of the molecule is CCN(C(=O)CN1C(=O)N[C@@](CC)(c2ccccc2)C1=O)C1=CCCCC1. The van der Waals surface area contributed by atoms with Gasteiger partial charge in [0.1, 0.15) is 12.1 Å². The van der Waals surface area contributed by atoms with Crippen LogP contribution in [0.4, 0.5) is 4.79 Å². The number of amides is 4. The molecule has 6 nitrogen and oxygen atoms in total. The molecule has 1 heterocycles. The number of nitrogens with one attached hydrogen (secondary N) is 1. The maximum atomic E-state index is 13.1. The normalized spacial score (nSPS) is 22.4. The van der Waals surface area contributed by atoms with Crippen LogP contribution in [0.3, 0.4) is 0 Å². The molecule has 4 amide bonds. The summed E-state index contributed by atoms with van der Waals surface area (Å²) in [6, 6.07) is 8.71. The van der Waals surface area contributed by atoms with E-state index in [1.807, 2.05) is 44.2 Å². The average molecular weight is 369 g/mol. The zero-order valence-electron chi connectivity index (χ0n) is 16.0. The van der Waals surface area contributed by atoms with Crippen LogP contribution in [0.25, 0.3) is 0 Å². The molecule has 1 aromatic rings. The number of imide groups is 1. The third-order valence-corrected chi connectivity index (χ3v) is 5.50. The molecule has 1 saturated heterocycles. The highest BCUT2D eigenvalue weighted by Crippen LogP contribution is 2.32. The Kier molecular flexibility index (Phi) is 5.63. The second-order valence-electron chi connectivity index (χ2n) is 7.03. The molecule has 27 heavy (non-hydrogen) atoms. The van der Waals surface area contributed by atoms with E-state index in [1.54, 1.807) is 4.90 Å². The quantitative estimate of drug-likeness (QED) is 0.783. The molecule has 144 valence electrons. The van der Waals surface area contributed by atoms with Crippen LogP contribution in [-0.4, -0.2) is 40.7 Å². The Bertz CT molecular complexity index is 759. The van der Waals surface area contributed by atoms with E-state index in [0.717, 1.165) is 41.8 Å². The van der Waals surface area contributed by atoms with Crippen LogP contribution in [0.15, 0.2) is 42.1 Å². The molecule has 2 aliphatic rings. The van der Waals surface area contributed by atoms with Gasteiger partial charge in [0.25, 0.3) is 5.91 Å². The molecule has 1 atom stereocenters. The first-order valence-corrected chi connectivity index (χ1v) is 9.72. The second-order valence-corrected chi connectivity index (χ2v) is 7.03. The Morgan fingerprint density at radius 3 is 2.52 bits per heavy atom. The topological polar surface area (TPSA) is 69.7 Å². The van der Waals surface area contributed by atoms with Crippen molar-refractivity contribution in [3.63, 3.8) is 0 Å². The minimum atomic E-state index is -1.10. The maximum absolute atomic E-state index is 13.1. The third-order valence-electron chi connectivity index (χ3n) is 5.50. The second kappa shape index (κ2) is 7.94. The highest BCUT2D eigenvalue weighted by molar-refractivity contribution is 6.09. The summed E-state index contributed by atoms with van der Waals surface area (Å²) in [5, 5.41) is 2.83. The average Bonchev–Trinajstić information content (AvgIpc) is 2.95. The molecule has 0 bridgehead atoms. The van der Waals surface area contributed by atoms with Crippen molar-refractivity contribution in [3.05, 3.63) is 47.7 Å². The summed E-state index contributed by atoms with van der Waals surface area (Å²) in [5.74, 6) is -0.572. The largest absolute Gasteiger partial charge is 0.325 e. The molecule has 1 aliphatic heterocycles. The summed E-state index contributed by atoms with van der Waals surface area (Å²) in [6.07, 6.45) is 6.55. The minimum Gasteiger partial charge on any atom is -0.319 e. The van der Waals surface area contributed by atoms with Gasteiger partial charge in [0.15, 0.2) is 0 Å². The summed E-state index contributed by atoms with van der Waals surface area (Å²) in [7, 11) is 0. The van der Waals surface area contributed by atoms with E-state index in [4.69, 9.17) is 0 Å². The lowest BCUT2D eigenvalue weighted by Crippen LogP contribution is -2.45. The van der Waals surface area contributed by atoms with Gasteiger partial charge in [-0.3, -0.25) is 14.5 Å². The summed E-state index contributed by atoms with van der Waals surface area (Å²) in [4.78, 5) is 41.3. The fraction of sp³-hybridized carbons (Fsp3) is 0.476. The Morgan fingerprint density at radius 1 is 1.19 bits per heavy atom. The number of carbonyl (C=O) groups is 3. The molecular weight excluding hydrogens is 342 g/mol. The monoisotopic (exact) mass is 369 g/mol. The minimum absolute atomic E-state index is 0.214. The lowest BCUT2D eigenvalue weighted by Gasteiger charge is -2.28. The van der Waals surface area contributed by atoms with E-state index in [1.165, 1.54) is 0 Å². The zero-order valence-corrected chi connectivity index (χ0v) is 16.0. The van der Waals surface area contributed by atoms with Crippen LogP contribution >= 0.6 is 0 Å². The van der Waals surface area contributed by atoms with Gasteiger partial charge in [-0.1, -0.05) is 43.3 Å². The lowest BCUT2D eigenvalue weighted by atomic mass is 9.87. The van der Waals surface area contributed by atoms with Crippen LogP contribution in [0.2, 0.25) is 0 Å². The number of allylic oxidation sites excluding steroid dienone is 2. The molecule has 1 aliphatic carbocycles. The van der Waals surface area contributed by atoms with Gasteiger partial charge in [0, 0.05) is 12.2 Å². The zero-order chi connectivity index (χ0) is 19.4. The first-order valence-electron chi connectivity index (χ1n) is 9.72. The molecule has 3 rings (SSSR count). The molecule has 1 fully saturated rings. The summed E-state index contributed by atoms with van der Waals surface area (Å²) in [5.41, 5.74) is 0.647. The predicted molar refractivity (Wildman–Crippen MR) is 103 cm³/mol. The molecule has 0 saturated carbocycles. The van der Waals surface area contributed by atoms with Crippen molar-refractivity contribution < 1.29 is 14.4 Å². The van der Waals surface area contributed by atoms with Crippen molar-refractivity contribution in [1.29, 1.82) is 0 Å². The molecule has 1 aromatic carbocycles. The van der Waals surface area contributed by atoms with Crippen molar-refractivity contribution in [2.24, 2.45) is 0 Å². The highest BCUT2D eigenvalue weighted by Gasteiger charge is 2.51. The number of hydrogen-bond acceptors (Lipinski definition) is 3. The van der Waals surface area contributed by atoms with Gasteiger partial charge in [-0.25, -0.2) is 4.79 Å². The van der Waals surface area contributed by atoms with E-state index in [2.05, 4.69) is 11.4 Å². The molecule has 0 aromatic heterocycles. The third kappa shape index (κ3) is 3.48. The van der Waals surface area contributed by atoms with E-state index in [9.17, 15) is 14.4 Å². The standard InChI is InChI=1S/C21H27N3O3/c1-3-21(16-11-7-5-8-12-16)19(26)24(20(27)22-21)15-18(25)23(4-2)17-13-9-6-10-14-17/h5,7-8,11-13H,3-4,6,9-10,14-15H2,1-2H3,(H,22,27)/t21-/m0/s1. The van der Waals surface area contributed by atoms with Gasteiger partial charge in [-0.2, -0.15) is 0 Å². The Hall–Kier alpha value is -2.63. The van der Waals surface area contributed by atoms with Gasteiger partial charge in [-0.15, -0.1) is 0 Å². The Balaban J connectivity index is 1.81. The van der Waals surface area contributed by atoms with Crippen LogP contribution in [0.1, 0.15) is 51.5 Å².